The van der Waals surface area contributed by atoms with Gasteiger partial charge in [-0.25, -0.2) is 31.3 Å². The molecule has 192 valence electrons. The van der Waals surface area contributed by atoms with E-state index in [1.54, 1.807) is 0 Å². The van der Waals surface area contributed by atoms with E-state index in [2.05, 4.69) is 6.08 Å². The van der Waals surface area contributed by atoms with Crippen LogP contribution in [0.15, 0.2) is 70.0 Å². The first-order valence-corrected chi connectivity index (χ1v) is 14.4. The minimum Gasteiger partial charge on any atom is -0.274 e. The van der Waals surface area contributed by atoms with E-state index >= 15 is 0 Å². The Balaban J connectivity index is 1.66. The van der Waals surface area contributed by atoms with Crippen LogP contribution in [-0.2, 0) is 29.6 Å². The normalized spacial score (nSPS) is 19.1. The highest BCUT2D eigenvalue weighted by Gasteiger charge is 2.46. The summed E-state index contributed by atoms with van der Waals surface area (Å²) < 4.78 is 64.7. The Morgan fingerprint density at radius 3 is 2.17 bits per heavy atom. The van der Waals surface area contributed by atoms with Crippen molar-refractivity contribution in [1.29, 1.82) is 0 Å². The predicted molar refractivity (Wildman–Crippen MR) is 130 cm³/mol. The summed E-state index contributed by atoms with van der Waals surface area (Å²) in [5.74, 6) is -1.97. The van der Waals surface area contributed by atoms with Crippen molar-refractivity contribution in [2.24, 2.45) is 5.14 Å². The van der Waals surface area contributed by atoms with Crippen molar-refractivity contribution in [2.75, 3.05) is 11.4 Å². The van der Waals surface area contributed by atoms with E-state index in [1.807, 2.05) is 0 Å². The predicted octanol–water partition coefficient (Wildman–Crippen LogP) is 2.69. The second-order valence-corrected chi connectivity index (χ2v) is 12.2. The Bertz CT molecular complexity index is 1400. The number of allylic oxidation sites excluding steroid dienone is 1. The molecule has 4 rings (SSSR count). The van der Waals surface area contributed by atoms with E-state index in [-0.39, 0.29) is 28.4 Å². The Morgan fingerprint density at radius 2 is 1.58 bits per heavy atom. The van der Waals surface area contributed by atoms with Gasteiger partial charge in [0.15, 0.2) is 0 Å². The Morgan fingerprint density at radius 1 is 0.944 bits per heavy atom. The quantitative estimate of drug-likeness (QED) is 0.408. The molecule has 1 aliphatic carbocycles. The first-order valence-electron chi connectivity index (χ1n) is 11.4. The average molecular weight is 536 g/mol. The summed E-state index contributed by atoms with van der Waals surface area (Å²) in [4.78, 5) is 26.8. The van der Waals surface area contributed by atoms with E-state index in [0.29, 0.717) is 6.42 Å². The molecule has 1 aliphatic heterocycles. The molecular formula is C24H26FN3O6S2. The fraction of sp³-hybridized carbons (Fsp3) is 0.333. The zero-order chi connectivity index (χ0) is 26.1. The number of nitrogens with zero attached hydrogens (tertiary/aromatic N) is 2. The van der Waals surface area contributed by atoms with Gasteiger partial charge in [0.05, 0.1) is 21.9 Å². The van der Waals surface area contributed by atoms with E-state index in [1.165, 1.54) is 24.3 Å². The molecule has 9 nitrogen and oxygen atoms in total. The molecule has 0 spiro atoms. The maximum Gasteiger partial charge on any atom is 0.252 e. The van der Waals surface area contributed by atoms with E-state index in [0.717, 1.165) is 64.7 Å². The molecule has 2 aromatic rings. The molecular weight excluding hydrogens is 509 g/mol. The van der Waals surface area contributed by atoms with Crippen LogP contribution < -0.4 is 10.0 Å². The third kappa shape index (κ3) is 5.41. The SMILES string of the molecule is NS(=O)(=O)c1ccc(N2C(=O)CC(N(CCC3=CCCCC3)S(=O)(=O)c3ccc(F)cc3)C2=O)cc1. The van der Waals surface area contributed by atoms with Gasteiger partial charge in [-0.1, -0.05) is 11.6 Å². The molecule has 1 heterocycles. The highest BCUT2D eigenvalue weighted by molar-refractivity contribution is 7.89. The second-order valence-electron chi connectivity index (χ2n) is 8.75. The molecule has 1 fully saturated rings. The average Bonchev–Trinajstić information content (AvgIpc) is 3.13. The topological polar surface area (TPSA) is 135 Å². The van der Waals surface area contributed by atoms with Crippen molar-refractivity contribution in [3.8, 4) is 0 Å². The maximum atomic E-state index is 13.6. The monoisotopic (exact) mass is 535 g/mol. The van der Waals surface area contributed by atoms with Gasteiger partial charge in [0.25, 0.3) is 5.91 Å². The molecule has 36 heavy (non-hydrogen) atoms. The van der Waals surface area contributed by atoms with Crippen LogP contribution >= 0.6 is 0 Å². The van der Waals surface area contributed by atoms with Crippen LogP contribution in [-0.4, -0.2) is 45.5 Å². The first-order chi connectivity index (χ1) is 17.0. The van der Waals surface area contributed by atoms with E-state index in [4.69, 9.17) is 5.14 Å². The third-order valence-corrected chi connectivity index (χ3v) is 9.20. The molecule has 2 N–H and O–H groups in total. The number of imide groups is 1. The molecule has 12 heteroatoms. The fourth-order valence-corrected chi connectivity index (χ4v) is 6.57. The number of benzene rings is 2. The summed E-state index contributed by atoms with van der Waals surface area (Å²) in [5.41, 5.74) is 1.20. The van der Waals surface area contributed by atoms with Crippen LogP contribution in [0.5, 0.6) is 0 Å². The number of sulfonamides is 2. The third-order valence-electron chi connectivity index (χ3n) is 6.35. The van der Waals surface area contributed by atoms with Crippen LogP contribution in [0.1, 0.15) is 38.5 Å². The molecule has 0 radical (unpaired) electrons. The van der Waals surface area contributed by atoms with Gasteiger partial charge in [-0.15, -0.1) is 0 Å². The fourth-order valence-electron chi connectivity index (χ4n) is 4.47. The van der Waals surface area contributed by atoms with Crippen molar-refractivity contribution < 1.29 is 30.8 Å². The van der Waals surface area contributed by atoms with Gasteiger partial charge in [-0.2, -0.15) is 4.31 Å². The number of amides is 2. The zero-order valence-electron chi connectivity index (χ0n) is 19.3. The summed E-state index contributed by atoms with van der Waals surface area (Å²) in [6.07, 6.45) is 5.91. The highest BCUT2D eigenvalue weighted by Crippen LogP contribution is 2.31. The largest absolute Gasteiger partial charge is 0.274 e. The van der Waals surface area contributed by atoms with Gasteiger partial charge in [0.2, 0.25) is 26.0 Å². The van der Waals surface area contributed by atoms with E-state index in [9.17, 15) is 30.8 Å². The van der Waals surface area contributed by atoms with Gasteiger partial charge in [0.1, 0.15) is 11.9 Å². The number of hydrogen-bond acceptors (Lipinski definition) is 6. The van der Waals surface area contributed by atoms with Gasteiger partial charge >= 0.3 is 0 Å². The lowest BCUT2D eigenvalue weighted by atomic mass is 9.97. The lowest BCUT2D eigenvalue weighted by Gasteiger charge is -2.27. The number of hydrogen-bond donors (Lipinski definition) is 1. The molecule has 1 saturated heterocycles. The molecule has 0 saturated carbocycles. The number of nitrogens with two attached hydrogens (primary N) is 1. The van der Waals surface area contributed by atoms with Crippen LogP contribution in [0.3, 0.4) is 0 Å². The Hall–Kier alpha value is -2.93. The van der Waals surface area contributed by atoms with Crippen LogP contribution in [0.2, 0.25) is 0 Å². The molecule has 1 unspecified atom stereocenters. The number of primary sulfonamides is 1. The summed E-state index contributed by atoms with van der Waals surface area (Å²) in [5, 5.41) is 5.11. The summed E-state index contributed by atoms with van der Waals surface area (Å²) in [6.45, 7) is -0.0204. The van der Waals surface area contributed by atoms with Crippen molar-refractivity contribution >= 4 is 37.5 Å². The molecule has 0 aromatic heterocycles. The Labute approximate surface area is 209 Å². The highest BCUT2D eigenvalue weighted by atomic mass is 32.2. The van der Waals surface area contributed by atoms with Gasteiger partial charge in [-0.3, -0.25) is 9.59 Å². The van der Waals surface area contributed by atoms with Crippen molar-refractivity contribution in [2.45, 2.75) is 54.4 Å². The lowest BCUT2D eigenvalue weighted by molar-refractivity contribution is -0.122. The first kappa shape index (κ1) is 26.1. The number of halogens is 1. The Kier molecular flexibility index (Phi) is 7.41. The van der Waals surface area contributed by atoms with Crippen LogP contribution in [0.4, 0.5) is 10.1 Å². The zero-order valence-corrected chi connectivity index (χ0v) is 21.0. The minimum absolute atomic E-state index is 0.0204. The molecule has 2 aromatic carbocycles. The number of anilines is 1. The second kappa shape index (κ2) is 10.2. The summed E-state index contributed by atoms with van der Waals surface area (Å²) in [7, 11) is -8.22. The standard InChI is InChI=1S/C24H26FN3O6S2/c25-18-6-10-21(11-7-18)36(33,34)27(15-14-17-4-2-1-3-5-17)22-16-23(29)28(24(22)30)19-8-12-20(13-9-19)35(26,31)32/h4,6-13,22H,1-3,5,14-16H2,(H2,26,31,32). The molecule has 2 aliphatic rings. The number of rotatable bonds is 8. The minimum atomic E-state index is -4.25. The summed E-state index contributed by atoms with van der Waals surface area (Å²) in [6, 6.07) is 7.88. The van der Waals surface area contributed by atoms with Gasteiger partial charge in [0, 0.05) is 6.54 Å². The summed E-state index contributed by atoms with van der Waals surface area (Å²) >= 11 is 0. The smallest absolute Gasteiger partial charge is 0.252 e. The van der Waals surface area contributed by atoms with Crippen molar-refractivity contribution in [1.82, 2.24) is 4.31 Å². The molecule has 1 atom stereocenters. The molecule has 0 bridgehead atoms. The van der Waals surface area contributed by atoms with Gasteiger partial charge < -0.3 is 0 Å². The van der Waals surface area contributed by atoms with Crippen molar-refractivity contribution in [3.63, 3.8) is 0 Å². The van der Waals surface area contributed by atoms with Crippen LogP contribution in [0.25, 0.3) is 0 Å². The number of carbonyl (C=O) groups is 2. The van der Waals surface area contributed by atoms with Gasteiger partial charge in [-0.05, 0) is 80.6 Å². The maximum absolute atomic E-state index is 13.6. The molecule has 2 amide bonds. The number of carbonyl (C=O) groups excluding carboxylic acids is 2. The van der Waals surface area contributed by atoms with Crippen molar-refractivity contribution in [3.05, 3.63) is 66.0 Å². The van der Waals surface area contributed by atoms with Crippen LogP contribution in [0, 0.1) is 5.82 Å². The van der Waals surface area contributed by atoms with E-state index < -0.39 is 43.7 Å². The lowest BCUT2D eigenvalue weighted by Crippen LogP contribution is -2.46.